The first-order chi connectivity index (χ1) is 6.04. The Morgan fingerprint density at radius 2 is 2.23 bits per heavy atom. The summed E-state index contributed by atoms with van der Waals surface area (Å²) in [5.74, 6) is -1.45. The topological polar surface area (TPSA) is 118 Å². The van der Waals surface area contributed by atoms with E-state index < -0.39 is 23.4 Å². The zero-order chi connectivity index (χ0) is 10.0. The monoisotopic (exact) mass is 185 g/mol. The van der Waals surface area contributed by atoms with Gasteiger partial charge in [-0.25, -0.2) is 14.2 Å². The van der Waals surface area contributed by atoms with Gasteiger partial charge in [-0.2, -0.15) is 0 Å². The van der Waals surface area contributed by atoms with Gasteiger partial charge in [-0.1, -0.05) is 0 Å². The maximum Gasteiger partial charge on any atom is 0.341 e. The molecule has 1 unspecified atom stereocenters. The summed E-state index contributed by atoms with van der Waals surface area (Å²) in [6, 6.07) is 1.02. The van der Waals surface area contributed by atoms with Crippen LogP contribution in [0.5, 0.6) is 0 Å². The van der Waals surface area contributed by atoms with Crippen molar-refractivity contribution in [3.63, 3.8) is 0 Å². The molecule has 0 aliphatic carbocycles. The normalized spacial score (nSPS) is 12.4. The van der Waals surface area contributed by atoms with Crippen molar-refractivity contribution in [1.82, 2.24) is 9.55 Å². The third-order valence-corrected chi connectivity index (χ3v) is 1.42. The van der Waals surface area contributed by atoms with Crippen LogP contribution in [-0.2, 0) is 4.79 Å². The van der Waals surface area contributed by atoms with Crippen LogP contribution in [0.1, 0.15) is 6.17 Å². The number of hydrogen-bond acceptors (Lipinski definition) is 4. The number of nitrogens with two attached hydrogens (primary N) is 1. The number of aromatic nitrogens is 2. The Morgan fingerprint density at radius 1 is 1.62 bits per heavy atom. The molecule has 1 aromatic rings. The molecule has 0 aliphatic rings. The standard InChI is InChI=1S/C6H7N3O4/c7-4(5(11)12)9-3(10)1-2-8-6(9)13/h1-2,4H,7H2,(H,8,13)(H,11,12). The van der Waals surface area contributed by atoms with Crippen LogP contribution in [-0.4, -0.2) is 20.6 Å². The molecule has 1 rings (SSSR count). The predicted molar refractivity (Wildman–Crippen MR) is 42.2 cm³/mol. The van der Waals surface area contributed by atoms with E-state index in [0.29, 0.717) is 4.57 Å². The van der Waals surface area contributed by atoms with E-state index in [1.54, 1.807) is 0 Å². The summed E-state index contributed by atoms with van der Waals surface area (Å²) < 4.78 is 0.419. The van der Waals surface area contributed by atoms with E-state index in [0.717, 1.165) is 12.3 Å². The van der Waals surface area contributed by atoms with E-state index in [-0.39, 0.29) is 0 Å². The average molecular weight is 185 g/mol. The van der Waals surface area contributed by atoms with Crippen molar-refractivity contribution in [3.05, 3.63) is 33.1 Å². The van der Waals surface area contributed by atoms with Crippen LogP contribution < -0.4 is 17.0 Å². The Hall–Kier alpha value is -1.89. The van der Waals surface area contributed by atoms with E-state index in [4.69, 9.17) is 10.8 Å². The first-order valence-corrected chi connectivity index (χ1v) is 3.32. The summed E-state index contributed by atoms with van der Waals surface area (Å²) >= 11 is 0. The first-order valence-electron chi connectivity index (χ1n) is 3.32. The van der Waals surface area contributed by atoms with Gasteiger partial charge in [0.25, 0.3) is 5.56 Å². The molecule has 0 bridgehead atoms. The Morgan fingerprint density at radius 3 is 2.69 bits per heavy atom. The fourth-order valence-electron chi connectivity index (χ4n) is 0.808. The molecule has 70 valence electrons. The van der Waals surface area contributed by atoms with Crippen molar-refractivity contribution in [2.75, 3.05) is 0 Å². The molecule has 1 aromatic heterocycles. The average Bonchev–Trinajstić information content (AvgIpc) is 2.03. The summed E-state index contributed by atoms with van der Waals surface area (Å²) in [6.07, 6.45) is -0.534. The molecule has 7 nitrogen and oxygen atoms in total. The number of aromatic amines is 1. The number of nitrogens with zero attached hydrogens (tertiary/aromatic N) is 1. The number of hydrogen-bond donors (Lipinski definition) is 3. The van der Waals surface area contributed by atoms with E-state index in [9.17, 15) is 14.4 Å². The van der Waals surface area contributed by atoms with Crippen LogP contribution in [0.3, 0.4) is 0 Å². The summed E-state index contributed by atoms with van der Waals surface area (Å²) in [5.41, 5.74) is 3.49. The lowest BCUT2D eigenvalue weighted by atomic mass is 10.5. The molecule has 0 fully saturated rings. The highest BCUT2D eigenvalue weighted by atomic mass is 16.4. The Bertz CT molecular complexity index is 404. The number of carboxylic acid groups (broad SMARTS) is 1. The van der Waals surface area contributed by atoms with Gasteiger partial charge in [0, 0.05) is 12.3 Å². The third-order valence-electron chi connectivity index (χ3n) is 1.42. The van der Waals surface area contributed by atoms with E-state index in [1.807, 2.05) is 0 Å². The highest BCUT2D eigenvalue weighted by Crippen LogP contribution is 1.87. The number of aliphatic carboxylic acids is 1. The maximum atomic E-state index is 11.0. The molecule has 0 spiro atoms. The zero-order valence-electron chi connectivity index (χ0n) is 6.43. The molecule has 0 amide bonds. The van der Waals surface area contributed by atoms with Crippen LogP contribution in [0.25, 0.3) is 0 Å². The van der Waals surface area contributed by atoms with Crippen molar-refractivity contribution >= 4 is 5.97 Å². The molecule has 4 N–H and O–H groups in total. The highest BCUT2D eigenvalue weighted by Gasteiger charge is 2.16. The van der Waals surface area contributed by atoms with E-state index in [1.165, 1.54) is 0 Å². The second-order valence-corrected chi connectivity index (χ2v) is 2.27. The molecule has 0 aliphatic heterocycles. The number of nitrogens with one attached hydrogen (secondary N) is 1. The lowest BCUT2D eigenvalue weighted by molar-refractivity contribution is -0.140. The number of carbonyl (C=O) groups is 1. The van der Waals surface area contributed by atoms with Gasteiger partial charge in [-0.15, -0.1) is 0 Å². The molecule has 0 saturated carbocycles. The lowest BCUT2D eigenvalue weighted by Crippen LogP contribution is -2.44. The minimum absolute atomic E-state index is 0.419. The molecule has 0 aromatic carbocycles. The van der Waals surface area contributed by atoms with Crippen molar-refractivity contribution in [3.8, 4) is 0 Å². The second kappa shape index (κ2) is 3.23. The molecule has 1 atom stereocenters. The van der Waals surface area contributed by atoms with Crippen molar-refractivity contribution in [1.29, 1.82) is 0 Å². The largest absolute Gasteiger partial charge is 0.479 e. The fourth-order valence-corrected chi connectivity index (χ4v) is 0.808. The van der Waals surface area contributed by atoms with Gasteiger partial charge < -0.3 is 15.8 Å². The van der Waals surface area contributed by atoms with Gasteiger partial charge in [0.05, 0.1) is 0 Å². The van der Waals surface area contributed by atoms with Crippen molar-refractivity contribution in [2.45, 2.75) is 6.17 Å². The molecular weight excluding hydrogens is 178 g/mol. The zero-order valence-corrected chi connectivity index (χ0v) is 6.43. The van der Waals surface area contributed by atoms with E-state index >= 15 is 0 Å². The maximum absolute atomic E-state index is 11.0. The van der Waals surface area contributed by atoms with Crippen molar-refractivity contribution < 1.29 is 9.90 Å². The van der Waals surface area contributed by atoms with Gasteiger partial charge in [0.15, 0.2) is 6.17 Å². The Balaban J connectivity index is 3.37. The van der Waals surface area contributed by atoms with Gasteiger partial charge in [0.1, 0.15) is 0 Å². The molecule has 0 saturated heterocycles. The SMILES string of the molecule is NC(C(=O)O)n1c(=O)cc[nH]c1=O. The number of rotatable bonds is 2. The predicted octanol–water partition coefficient (Wildman–Crippen LogP) is -1.92. The lowest BCUT2D eigenvalue weighted by Gasteiger charge is -2.07. The van der Waals surface area contributed by atoms with Gasteiger partial charge in [-0.3, -0.25) is 4.79 Å². The summed E-state index contributed by atoms with van der Waals surface area (Å²) in [5, 5.41) is 8.45. The molecule has 0 radical (unpaired) electrons. The van der Waals surface area contributed by atoms with Gasteiger partial charge >= 0.3 is 11.7 Å². The molecule has 13 heavy (non-hydrogen) atoms. The number of H-pyrrole nitrogens is 1. The van der Waals surface area contributed by atoms with Crippen LogP contribution >= 0.6 is 0 Å². The van der Waals surface area contributed by atoms with Gasteiger partial charge in [-0.05, 0) is 0 Å². The van der Waals surface area contributed by atoms with Crippen molar-refractivity contribution in [2.24, 2.45) is 5.73 Å². The highest BCUT2D eigenvalue weighted by molar-refractivity contribution is 5.70. The van der Waals surface area contributed by atoms with E-state index in [2.05, 4.69) is 4.98 Å². The fraction of sp³-hybridized carbons (Fsp3) is 0.167. The molecular formula is C6H7N3O4. The van der Waals surface area contributed by atoms with Crippen LogP contribution in [0, 0.1) is 0 Å². The van der Waals surface area contributed by atoms with Crippen LogP contribution in [0.15, 0.2) is 21.9 Å². The minimum atomic E-state index is -1.66. The van der Waals surface area contributed by atoms with Crippen LogP contribution in [0.2, 0.25) is 0 Å². The third kappa shape index (κ3) is 1.64. The minimum Gasteiger partial charge on any atom is -0.479 e. The summed E-state index contributed by atoms with van der Waals surface area (Å²) in [6.45, 7) is 0. The second-order valence-electron chi connectivity index (χ2n) is 2.27. The smallest absolute Gasteiger partial charge is 0.341 e. The first kappa shape index (κ1) is 9.20. The van der Waals surface area contributed by atoms with Crippen LogP contribution in [0.4, 0.5) is 0 Å². The summed E-state index contributed by atoms with van der Waals surface area (Å²) in [4.78, 5) is 34.4. The molecule has 1 heterocycles. The molecule has 7 heteroatoms. The quantitative estimate of drug-likeness (QED) is 0.496. The number of carboxylic acids is 1. The summed E-state index contributed by atoms with van der Waals surface area (Å²) in [7, 11) is 0. The Kier molecular flexibility index (Phi) is 2.29. The van der Waals surface area contributed by atoms with Gasteiger partial charge in [0.2, 0.25) is 0 Å². The Labute approximate surface area is 71.4 Å².